The van der Waals surface area contributed by atoms with Crippen LogP contribution in [0.3, 0.4) is 0 Å². The number of amides is 1. The highest BCUT2D eigenvalue weighted by Gasteiger charge is 2.25. The molecule has 0 aliphatic rings. The first-order chi connectivity index (χ1) is 15.0. The zero-order valence-corrected chi connectivity index (χ0v) is 20.2. The molecule has 12 heteroatoms. The summed E-state index contributed by atoms with van der Waals surface area (Å²) < 4.78 is 36.8. The van der Waals surface area contributed by atoms with Crippen LogP contribution >= 0.6 is 22.9 Å². The van der Waals surface area contributed by atoms with E-state index < -0.39 is 40.5 Å². The number of thiophene rings is 1. The first-order valence-electron chi connectivity index (χ1n) is 9.47. The number of hydrogen-bond donors (Lipinski definition) is 2. The van der Waals surface area contributed by atoms with Crippen molar-refractivity contribution >= 4 is 55.8 Å². The molecule has 0 aliphatic carbocycles. The average Bonchev–Trinajstić information content (AvgIpc) is 2.99. The number of rotatable bonds is 9. The maximum absolute atomic E-state index is 12.3. The largest absolute Gasteiger partial charge is 0.462 e. The smallest absolute Gasteiger partial charge is 0.341 e. The second-order valence-corrected chi connectivity index (χ2v) is 10.0. The van der Waals surface area contributed by atoms with Crippen molar-refractivity contribution in [1.29, 1.82) is 0 Å². The lowest BCUT2D eigenvalue weighted by Crippen LogP contribution is -2.40. The van der Waals surface area contributed by atoms with Gasteiger partial charge in [-0.2, -0.15) is 4.72 Å². The Hall–Kier alpha value is -2.47. The first kappa shape index (κ1) is 25.8. The fraction of sp³-hybridized carbons (Fsp3) is 0.350. The average molecular weight is 503 g/mol. The monoisotopic (exact) mass is 502 g/mol. The number of aryl methyl sites for hydroxylation is 1. The molecule has 1 atom stereocenters. The number of anilines is 1. The van der Waals surface area contributed by atoms with Crippen LogP contribution in [0.5, 0.6) is 0 Å². The fourth-order valence-electron chi connectivity index (χ4n) is 2.55. The van der Waals surface area contributed by atoms with E-state index in [1.54, 1.807) is 20.8 Å². The van der Waals surface area contributed by atoms with Gasteiger partial charge in [-0.25, -0.2) is 13.2 Å². The predicted molar refractivity (Wildman–Crippen MR) is 121 cm³/mol. The zero-order chi connectivity index (χ0) is 24.1. The van der Waals surface area contributed by atoms with Gasteiger partial charge < -0.3 is 14.8 Å². The minimum atomic E-state index is -3.99. The summed E-state index contributed by atoms with van der Waals surface area (Å²) in [4.78, 5) is 37.3. The minimum absolute atomic E-state index is 0.0748. The molecule has 0 bridgehead atoms. The second-order valence-electron chi connectivity index (χ2n) is 6.66. The van der Waals surface area contributed by atoms with Gasteiger partial charge in [0.25, 0.3) is 5.91 Å². The quantitative estimate of drug-likeness (QED) is 0.504. The van der Waals surface area contributed by atoms with Crippen LogP contribution < -0.4 is 10.0 Å². The van der Waals surface area contributed by atoms with Crippen LogP contribution in [0.4, 0.5) is 5.00 Å². The van der Waals surface area contributed by atoms with Crippen molar-refractivity contribution in [2.24, 2.45) is 0 Å². The van der Waals surface area contributed by atoms with E-state index in [0.717, 1.165) is 4.88 Å². The number of benzene rings is 1. The molecule has 1 aromatic carbocycles. The van der Waals surface area contributed by atoms with Crippen LogP contribution in [0.25, 0.3) is 0 Å². The molecule has 9 nitrogen and oxygen atoms in total. The molecule has 32 heavy (non-hydrogen) atoms. The standard InChI is InChI=1S/C20H23ClN2O7S2/c1-5-29-20(26)17-11(2)13(4)31-18(17)22-16(24)10-30-19(25)12(3)23-32(27,28)15-8-6-14(21)7-9-15/h6-9,12,23H,5,10H2,1-4H3,(H,22,24)/t12-/m0/s1. The third kappa shape index (κ3) is 6.52. The molecule has 1 heterocycles. The Kier molecular flexibility index (Phi) is 8.79. The highest BCUT2D eigenvalue weighted by molar-refractivity contribution is 7.89. The number of nitrogens with one attached hydrogen (secondary N) is 2. The number of esters is 2. The fourth-order valence-corrected chi connectivity index (χ4v) is 4.93. The summed E-state index contributed by atoms with van der Waals surface area (Å²) in [6.45, 7) is 6.02. The summed E-state index contributed by atoms with van der Waals surface area (Å²) in [5.74, 6) is -2.19. The Labute approximate surface area is 195 Å². The van der Waals surface area contributed by atoms with Crippen molar-refractivity contribution < 1.29 is 32.3 Å². The molecule has 2 aromatic rings. The van der Waals surface area contributed by atoms with Gasteiger partial charge in [-0.05, 0) is 57.5 Å². The molecule has 0 saturated carbocycles. The van der Waals surface area contributed by atoms with Crippen LogP contribution in [-0.4, -0.2) is 45.5 Å². The Balaban J connectivity index is 1.97. The minimum Gasteiger partial charge on any atom is -0.462 e. The molecular formula is C20H23ClN2O7S2. The lowest BCUT2D eigenvalue weighted by molar-refractivity contribution is -0.148. The molecule has 174 valence electrons. The Morgan fingerprint density at radius 2 is 1.75 bits per heavy atom. The van der Waals surface area contributed by atoms with E-state index in [-0.39, 0.29) is 22.1 Å². The molecule has 0 fully saturated rings. The van der Waals surface area contributed by atoms with E-state index in [1.165, 1.54) is 42.5 Å². The second kappa shape index (κ2) is 10.9. The van der Waals surface area contributed by atoms with E-state index in [2.05, 4.69) is 10.0 Å². The van der Waals surface area contributed by atoms with Crippen LogP contribution in [0.2, 0.25) is 5.02 Å². The van der Waals surface area contributed by atoms with Crippen molar-refractivity contribution in [2.45, 2.75) is 38.6 Å². The zero-order valence-electron chi connectivity index (χ0n) is 17.9. The van der Waals surface area contributed by atoms with E-state index in [0.29, 0.717) is 10.6 Å². The molecule has 0 unspecified atom stereocenters. The molecule has 0 spiro atoms. The molecule has 1 amide bonds. The highest BCUT2D eigenvalue weighted by atomic mass is 35.5. The van der Waals surface area contributed by atoms with E-state index in [4.69, 9.17) is 21.1 Å². The first-order valence-corrected chi connectivity index (χ1v) is 12.2. The summed E-state index contributed by atoms with van der Waals surface area (Å²) in [6.07, 6.45) is 0. The van der Waals surface area contributed by atoms with Crippen molar-refractivity contribution in [1.82, 2.24) is 4.72 Å². The molecule has 1 aromatic heterocycles. The SMILES string of the molecule is CCOC(=O)c1c(NC(=O)COC(=O)[C@H](C)NS(=O)(=O)c2ccc(Cl)cc2)sc(C)c1C. The van der Waals surface area contributed by atoms with Gasteiger partial charge in [-0.3, -0.25) is 9.59 Å². The summed E-state index contributed by atoms with van der Waals surface area (Å²) in [6, 6.07) is 4.15. The van der Waals surface area contributed by atoms with Crippen LogP contribution in [0, 0.1) is 13.8 Å². The molecule has 0 aliphatic heterocycles. The third-order valence-electron chi connectivity index (χ3n) is 4.27. The Morgan fingerprint density at radius 1 is 1.12 bits per heavy atom. The number of hydrogen-bond acceptors (Lipinski definition) is 8. The van der Waals surface area contributed by atoms with Crippen LogP contribution in [-0.2, 0) is 29.1 Å². The van der Waals surface area contributed by atoms with Crippen molar-refractivity contribution in [2.75, 3.05) is 18.5 Å². The van der Waals surface area contributed by atoms with Gasteiger partial charge in [0.05, 0.1) is 17.1 Å². The molecule has 2 rings (SSSR count). The van der Waals surface area contributed by atoms with Crippen molar-refractivity contribution in [3.63, 3.8) is 0 Å². The van der Waals surface area contributed by atoms with Gasteiger partial charge in [0.2, 0.25) is 10.0 Å². The molecule has 0 radical (unpaired) electrons. The van der Waals surface area contributed by atoms with E-state index >= 15 is 0 Å². The molecule has 0 saturated heterocycles. The van der Waals surface area contributed by atoms with Crippen molar-refractivity contribution in [3.8, 4) is 0 Å². The Bertz CT molecular complexity index is 1110. The van der Waals surface area contributed by atoms with Crippen LogP contribution in [0.15, 0.2) is 29.2 Å². The van der Waals surface area contributed by atoms with E-state index in [9.17, 15) is 22.8 Å². The predicted octanol–water partition coefficient (Wildman–Crippen LogP) is 3.04. The number of carbonyl (C=O) groups excluding carboxylic acids is 3. The number of halogens is 1. The lowest BCUT2D eigenvalue weighted by Gasteiger charge is -2.14. The van der Waals surface area contributed by atoms with Gasteiger partial charge in [0, 0.05) is 9.90 Å². The van der Waals surface area contributed by atoms with Gasteiger partial charge in [0.1, 0.15) is 11.0 Å². The third-order valence-corrected chi connectivity index (χ3v) is 7.20. The van der Waals surface area contributed by atoms with Gasteiger partial charge in [0.15, 0.2) is 6.61 Å². The molecule has 2 N–H and O–H groups in total. The molecular weight excluding hydrogens is 480 g/mol. The van der Waals surface area contributed by atoms with E-state index in [1.807, 2.05) is 0 Å². The summed E-state index contributed by atoms with van der Waals surface area (Å²) in [7, 11) is -3.99. The summed E-state index contributed by atoms with van der Waals surface area (Å²) in [5, 5.41) is 3.19. The number of sulfonamides is 1. The lowest BCUT2D eigenvalue weighted by atomic mass is 10.1. The maximum atomic E-state index is 12.3. The summed E-state index contributed by atoms with van der Waals surface area (Å²) >= 11 is 6.94. The van der Waals surface area contributed by atoms with Gasteiger partial charge in [-0.1, -0.05) is 11.6 Å². The highest BCUT2D eigenvalue weighted by Crippen LogP contribution is 2.33. The Morgan fingerprint density at radius 3 is 2.34 bits per heavy atom. The van der Waals surface area contributed by atoms with Gasteiger partial charge in [-0.15, -0.1) is 11.3 Å². The summed E-state index contributed by atoms with van der Waals surface area (Å²) in [5.41, 5.74) is 0.934. The maximum Gasteiger partial charge on any atom is 0.341 e. The topological polar surface area (TPSA) is 128 Å². The van der Waals surface area contributed by atoms with Crippen LogP contribution in [0.1, 0.15) is 34.6 Å². The van der Waals surface area contributed by atoms with Gasteiger partial charge >= 0.3 is 11.9 Å². The normalized spacial score (nSPS) is 12.2. The number of carbonyl (C=O) groups is 3. The number of ether oxygens (including phenoxy) is 2. The van der Waals surface area contributed by atoms with Crippen molar-refractivity contribution in [3.05, 3.63) is 45.3 Å².